The van der Waals surface area contributed by atoms with Crippen molar-refractivity contribution in [3.8, 4) is 0 Å². The first-order valence-electron chi connectivity index (χ1n) is 11.7. The van der Waals surface area contributed by atoms with Crippen LogP contribution < -0.4 is 37.2 Å². The summed E-state index contributed by atoms with van der Waals surface area (Å²) in [5, 5.41) is 8.36. The molecule has 0 fully saturated rings. The maximum absolute atomic E-state index is 2.18. The van der Waals surface area contributed by atoms with Crippen LogP contribution in [0.15, 0.2) is 91.0 Å². The quantitative estimate of drug-likeness (QED) is 0.163. The Hall–Kier alpha value is -0.497. The molecular weight excluding hydrogens is 646 g/mol. The molecule has 0 aliphatic rings. The number of benzene rings is 3. The fourth-order valence-corrected chi connectivity index (χ4v) is 4.61. The fourth-order valence-electron chi connectivity index (χ4n) is 4.61. The van der Waals surface area contributed by atoms with Gasteiger partial charge in [-0.15, -0.1) is 85.4 Å². The third kappa shape index (κ3) is 10.1. The average molecular weight is 680 g/mol. The first-order valence-corrected chi connectivity index (χ1v) is 11.7. The molecule has 0 aromatic heterocycles. The Balaban J connectivity index is -0.000000463. The van der Waals surface area contributed by atoms with E-state index in [1.54, 1.807) is 0 Å². The van der Waals surface area contributed by atoms with Crippen LogP contribution >= 0.6 is 0 Å². The minimum atomic E-state index is 0. The molecule has 198 valence electrons. The molecule has 6 rings (SSSR count). The number of halogens is 3. The Morgan fingerprint density at radius 1 is 0.333 bits per heavy atom. The number of aryl methyl sites for hydroxylation is 6. The predicted molar refractivity (Wildman–Crippen MR) is 147 cm³/mol. The molecule has 6 heteroatoms. The topological polar surface area (TPSA) is 0 Å². The largest absolute Gasteiger partial charge is 2.00 e. The SMILES string of the molecule is Cc1ccc(C)c2[cH-]ccc12.Cc1ccc(C)c2[cH-]ccc12.Cc1ccc(C)c2[cH-]ccc12.[Cl-].[Cl-].[Cl-].[Ti+2].[Ti+2].[Ti+2]. The van der Waals surface area contributed by atoms with E-state index in [2.05, 4.69) is 133 Å². The molecule has 0 saturated carbocycles. The summed E-state index contributed by atoms with van der Waals surface area (Å²) in [6.07, 6.45) is 0. The fraction of sp³-hybridized carbons (Fsp3) is 0.182. The van der Waals surface area contributed by atoms with Crippen molar-refractivity contribution in [3.63, 3.8) is 0 Å². The van der Waals surface area contributed by atoms with Crippen LogP contribution in [-0.2, 0) is 65.2 Å². The molecule has 0 nitrogen and oxygen atoms in total. The summed E-state index contributed by atoms with van der Waals surface area (Å²) < 4.78 is 0. The van der Waals surface area contributed by atoms with Crippen LogP contribution in [0.5, 0.6) is 0 Å². The first-order chi connectivity index (χ1) is 15.9. The van der Waals surface area contributed by atoms with Crippen LogP contribution in [0.4, 0.5) is 0 Å². The van der Waals surface area contributed by atoms with Crippen LogP contribution in [0.1, 0.15) is 33.4 Å². The molecule has 0 aliphatic heterocycles. The monoisotopic (exact) mass is 678 g/mol. The molecule has 0 radical (unpaired) electrons. The zero-order valence-corrected chi connectivity index (χ0v) is 30.2. The summed E-state index contributed by atoms with van der Waals surface area (Å²) in [7, 11) is 0. The van der Waals surface area contributed by atoms with Crippen molar-refractivity contribution >= 4 is 32.3 Å². The number of hydrogen-bond donors (Lipinski definition) is 0. The van der Waals surface area contributed by atoms with E-state index in [1.807, 2.05) is 0 Å². The van der Waals surface area contributed by atoms with E-state index in [-0.39, 0.29) is 102 Å². The van der Waals surface area contributed by atoms with Crippen molar-refractivity contribution in [2.75, 3.05) is 0 Å². The van der Waals surface area contributed by atoms with Gasteiger partial charge in [0.1, 0.15) is 0 Å². The normalized spacial score (nSPS) is 9.08. The van der Waals surface area contributed by atoms with Gasteiger partial charge in [0.15, 0.2) is 0 Å². The maximum Gasteiger partial charge on any atom is 2.00 e. The number of rotatable bonds is 0. The van der Waals surface area contributed by atoms with Crippen LogP contribution in [0.2, 0.25) is 0 Å². The molecule has 6 aromatic carbocycles. The van der Waals surface area contributed by atoms with Gasteiger partial charge in [-0.05, 0) is 20.8 Å². The van der Waals surface area contributed by atoms with E-state index in [1.165, 1.54) is 65.7 Å². The van der Waals surface area contributed by atoms with Gasteiger partial charge in [-0.25, -0.2) is 0 Å². The van der Waals surface area contributed by atoms with Gasteiger partial charge in [-0.2, -0.15) is 36.4 Å². The molecule has 0 spiro atoms. The van der Waals surface area contributed by atoms with Crippen molar-refractivity contribution in [2.45, 2.75) is 41.5 Å². The molecule has 6 aromatic rings. The van der Waals surface area contributed by atoms with Crippen molar-refractivity contribution in [1.82, 2.24) is 0 Å². The second-order valence-electron chi connectivity index (χ2n) is 9.16. The minimum Gasteiger partial charge on any atom is -1.00 e. The average Bonchev–Trinajstić information content (AvgIpc) is 3.57. The molecule has 0 bridgehead atoms. The van der Waals surface area contributed by atoms with E-state index in [0.29, 0.717) is 0 Å². The van der Waals surface area contributed by atoms with Gasteiger partial charge in [-0.1, -0.05) is 55.7 Å². The number of fused-ring (bicyclic) bond motifs is 3. The predicted octanol–water partition coefficient (Wildman–Crippen LogP) is 0.531. The van der Waals surface area contributed by atoms with Gasteiger partial charge in [0.2, 0.25) is 0 Å². The van der Waals surface area contributed by atoms with Gasteiger partial charge in [-0.3, -0.25) is 0 Å². The third-order valence-corrected chi connectivity index (χ3v) is 6.75. The first kappa shape index (κ1) is 43.0. The van der Waals surface area contributed by atoms with Crippen LogP contribution in [-0.4, -0.2) is 0 Å². The van der Waals surface area contributed by atoms with Gasteiger partial charge in [0, 0.05) is 0 Å². The summed E-state index contributed by atoms with van der Waals surface area (Å²) in [6, 6.07) is 32.5. The maximum atomic E-state index is 2.18. The summed E-state index contributed by atoms with van der Waals surface area (Å²) in [6.45, 7) is 12.9. The summed E-state index contributed by atoms with van der Waals surface area (Å²) in [4.78, 5) is 0. The summed E-state index contributed by atoms with van der Waals surface area (Å²) in [5.74, 6) is 0. The van der Waals surface area contributed by atoms with Gasteiger partial charge in [0.05, 0.1) is 0 Å². The van der Waals surface area contributed by atoms with Gasteiger partial charge >= 0.3 is 65.2 Å². The molecule has 0 unspecified atom stereocenters. The van der Waals surface area contributed by atoms with Gasteiger partial charge in [0.25, 0.3) is 0 Å². The summed E-state index contributed by atoms with van der Waals surface area (Å²) >= 11 is 0. The minimum absolute atomic E-state index is 0. The standard InChI is InChI=1S/3C11H11.3ClH.3Ti/c3*1-8-6-7-9(2)11-5-3-4-10(8)11;;;;;;/h3*3-7H,1-2H3;3*1H;;;/q3*-1;;;;3*+2/p-3. The smallest absolute Gasteiger partial charge is 1.00 e. The Morgan fingerprint density at radius 3 is 0.744 bits per heavy atom. The second kappa shape index (κ2) is 19.6. The Bertz CT molecular complexity index is 1250. The zero-order chi connectivity index (χ0) is 23.5. The second-order valence-corrected chi connectivity index (χ2v) is 9.16. The van der Waals surface area contributed by atoms with E-state index in [9.17, 15) is 0 Å². The molecular formula is C33H33Cl3Ti3. The van der Waals surface area contributed by atoms with Crippen LogP contribution in [0.3, 0.4) is 0 Å². The molecule has 0 amide bonds. The Kier molecular flexibility index (Phi) is 21.6. The molecule has 0 aliphatic carbocycles. The van der Waals surface area contributed by atoms with Crippen molar-refractivity contribution in [1.29, 1.82) is 0 Å². The molecule has 39 heavy (non-hydrogen) atoms. The van der Waals surface area contributed by atoms with Gasteiger partial charge < -0.3 is 37.2 Å². The molecule has 0 saturated heterocycles. The van der Waals surface area contributed by atoms with Crippen molar-refractivity contribution in [3.05, 3.63) is 124 Å². The third-order valence-electron chi connectivity index (χ3n) is 6.75. The van der Waals surface area contributed by atoms with Crippen molar-refractivity contribution < 1.29 is 102 Å². The molecule has 0 N–H and O–H groups in total. The zero-order valence-electron chi connectivity index (χ0n) is 23.3. The van der Waals surface area contributed by atoms with Crippen LogP contribution in [0, 0.1) is 41.5 Å². The Morgan fingerprint density at radius 2 is 0.538 bits per heavy atom. The summed E-state index contributed by atoms with van der Waals surface area (Å²) in [5.41, 5.74) is 8.23. The molecule has 0 heterocycles. The van der Waals surface area contributed by atoms with E-state index < -0.39 is 0 Å². The van der Waals surface area contributed by atoms with E-state index in [0.717, 1.165) is 0 Å². The molecule has 0 atom stereocenters. The van der Waals surface area contributed by atoms with E-state index in [4.69, 9.17) is 0 Å². The van der Waals surface area contributed by atoms with Crippen molar-refractivity contribution in [2.24, 2.45) is 0 Å². The van der Waals surface area contributed by atoms with E-state index >= 15 is 0 Å². The van der Waals surface area contributed by atoms with Crippen LogP contribution in [0.25, 0.3) is 32.3 Å². The Labute approximate surface area is 297 Å². The number of hydrogen-bond acceptors (Lipinski definition) is 0.